The van der Waals surface area contributed by atoms with Crippen LogP contribution in [0.4, 0.5) is 11.5 Å². The highest BCUT2D eigenvalue weighted by Gasteiger charge is 2.22. The minimum atomic E-state index is 0. The van der Waals surface area contributed by atoms with Crippen molar-refractivity contribution in [1.29, 1.82) is 5.41 Å². The minimum Gasteiger partial charge on any atom is -0.508 e. The fourth-order valence-corrected chi connectivity index (χ4v) is 2.81. The molecular weight excluding hydrogens is 328 g/mol. The topological polar surface area (TPSA) is 102 Å². The van der Waals surface area contributed by atoms with Crippen molar-refractivity contribution in [2.24, 2.45) is 0 Å². The molecule has 0 aliphatic carbocycles. The quantitative estimate of drug-likeness (QED) is 0.443. The van der Waals surface area contributed by atoms with Gasteiger partial charge in [-0.1, -0.05) is 13.8 Å². The van der Waals surface area contributed by atoms with Gasteiger partial charge >= 0.3 is 0 Å². The van der Waals surface area contributed by atoms with Crippen LogP contribution in [0.25, 0.3) is 0 Å². The van der Waals surface area contributed by atoms with Crippen molar-refractivity contribution < 1.29 is 6.53 Å². The van der Waals surface area contributed by atoms with Crippen molar-refractivity contribution in [3.63, 3.8) is 0 Å². The van der Waals surface area contributed by atoms with Crippen LogP contribution in [0.5, 0.6) is 5.75 Å². The summed E-state index contributed by atoms with van der Waals surface area (Å²) in [4.78, 5) is 13.1. The molecule has 0 bridgehead atoms. The first-order chi connectivity index (χ1) is 12.5. The summed E-state index contributed by atoms with van der Waals surface area (Å²) in [6, 6.07) is 6.83. The average molecular weight is 358 g/mol. The van der Waals surface area contributed by atoms with Gasteiger partial charge in [0.15, 0.2) is 0 Å². The van der Waals surface area contributed by atoms with Gasteiger partial charge in [0, 0.05) is 44.4 Å². The van der Waals surface area contributed by atoms with Crippen LogP contribution in [0.1, 0.15) is 33.5 Å². The number of piperazine rings is 1. The molecule has 142 valence electrons. The lowest BCUT2D eigenvalue weighted by molar-refractivity contribution is 0.233. The van der Waals surface area contributed by atoms with Crippen molar-refractivity contribution in [1.82, 2.24) is 14.9 Å². The number of nitrogen functional groups attached to an aromatic ring is 1. The number of rotatable bonds is 3. The molecule has 26 heavy (non-hydrogen) atoms. The molecule has 1 aromatic carbocycles. The smallest absolute Gasteiger partial charge is 0.132 e. The van der Waals surface area contributed by atoms with E-state index >= 15 is 0 Å². The summed E-state index contributed by atoms with van der Waals surface area (Å²) in [5.74, 6) is 0.884. The maximum Gasteiger partial charge on any atom is 0.132 e. The number of nitrogens with one attached hydrogen (secondary N) is 1. The summed E-state index contributed by atoms with van der Waals surface area (Å²) in [6.07, 6.45) is 1.47. The average Bonchev–Trinajstić information content (AvgIpc) is 2.67. The first-order valence-corrected chi connectivity index (χ1v) is 8.90. The third kappa shape index (κ3) is 4.29. The van der Waals surface area contributed by atoms with Gasteiger partial charge in [0.1, 0.15) is 17.9 Å². The molecule has 1 fully saturated rings. The largest absolute Gasteiger partial charge is 0.508 e. The van der Waals surface area contributed by atoms with Crippen LogP contribution in [0.2, 0.25) is 0 Å². The third-order valence-electron chi connectivity index (χ3n) is 4.50. The Bertz CT molecular complexity index is 770. The Balaban J connectivity index is 0.00000118. The number of hydrogen-bond donors (Lipinski definition) is 3. The van der Waals surface area contributed by atoms with E-state index in [-0.39, 0.29) is 12.9 Å². The molecule has 1 saturated heterocycles. The zero-order chi connectivity index (χ0) is 19.3. The van der Waals surface area contributed by atoms with Crippen molar-refractivity contribution >= 4 is 17.2 Å². The van der Waals surface area contributed by atoms with E-state index < -0.39 is 0 Å². The molecule has 3 rings (SSSR count). The molecule has 2 heterocycles. The van der Waals surface area contributed by atoms with Gasteiger partial charge in [-0.2, -0.15) is 0 Å². The Kier molecular flexibility index (Phi) is 6.52. The summed E-state index contributed by atoms with van der Waals surface area (Å²) in [7, 11) is 2.12. The lowest BCUT2D eigenvalue weighted by atomic mass is 10.0. The van der Waals surface area contributed by atoms with Crippen LogP contribution in [0.15, 0.2) is 30.6 Å². The van der Waals surface area contributed by atoms with Crippen LogP contribution in [-0.4, -0.2) is 58.4 Å². The number of likely N-dealkylation sites (N-methyl/N-ethyl adjacent to an activating group) is 1. The minimum absolute atomic E-state index is 0. The number of phenols is 1. The molecule has 2 aromatic rings. The number of benzene rings is 1. The molecule has 0 spiro atoms. The number of nitrogens with two attached hydrogens (primary N) is 1. The number of hydrogen-bond acceptors (Lipinski definition) is 7. The number of anilines is 2. The molecule has 1 aromatic heterocycles. The molecule has 7 nitrogen and oxygen atoms in total. The standard InChI is InChI=1S/C17H22N6O.C2H6.H2/c1-11-9-23(6-5-22(11)2)16-8-15(20-10-21-16)17(19)13-7-12(24)3-4-14(13)18;1-2;/h3-4,7-8,10-11,19,24H,5-6,9,18H2,1-2H3;1-2H3;1H/t11-;;/m0../s1. The second-order valence-electron chi connectivity index (χ2n) is 6.18. The molecule has 4 N–H and O–H groups in total. The summed E-state index contributed by atoms with van der Waals surface area (Å²) in [6.45, 7) is 8.93. The number of aromatic hydroxyl groups is 1. The summed E-state index contributed by atoms with van der Waals surface area (Å²) in [5.41, 5.74) is 7.50. The van der Waals surface area contributed by atoms with E-state index in [1.54, 1.807) is 6.07 Å². The van der Waals surface area contributed by atoms with E-state index in [1.807, 2.05) is 19.9 Å². The maximum absolute atomic E-state index is 9.65. The highest BCUT2D eigenvalue weighted by atomic mass is 16.3. The Labute approximate surface area is 156 Å². The highest BCUT2D eigenvalue weighted by molar-refractivity contribution is 6.13. The molecule has 7 heteroatoms. The van der Waals surface area contributed by atoms with Crippen LogP contribution in [0.3, 0.4) is 0 Å². The molecular formula is C19H30N6O. The van der Waals surface area contributed by atoms with Gasteiger partial charge in [-0.25, -0.2) is 9.97 Å². The van der Waals surface area contributed by atoms with E-state index in [0.717, 1.165) is 25.5 Å². The van der Waals surface area contributed by atoms with E-state index in [2.05, 4.69) is 33.7 Å². The van der Waals surface area contributed by atoms with Crippen LogP contribution in [0, 0.1) is 5.41 Å². The van der Waals surface area contributed by atoms with Gasteiger partial charge in [-0.15, -0.1) is 0 Å². The fraction of sp³-hybridized carbons (Fsp3) is 0.421. The Hall–Kier alpha value is -2.67. The van der Waals surface area contributed by atoms with Crippen molar-refractivity contribution in [2.45, 2.75) is 26.8 Å². The van der Waals surface area contributed by atoms with E-state index in [1.165, 1.54) is 18.5 Å². The molecule has 0 unspecified atom stereocenters. The summed E-state index contributed by atoms with van der Waals surface area (Å²) >= 11 is 0. The second kappa shape index (κ2) is 8.62. The first kappa shape index (κ1) is 19.7. The molecule has 1 aliphatic heterocycles. The molecule has 0 saturated carbocycles. The summed E-state index contributed by atoms with van der Waals surface area (Å²) in [5, 5.41) is 18.0. The molecule has 0 radical (unpaired) electrons. The normalized spacial score (nSPS) is 17.4. The Morgan fingerprint density at radius 2 is 2.00 bits per heavy atom. The van der Waals surface area contributed by atoms with Crippen molar-refractivity contribution in [3.8, 4) is 5.75 Å². The molecule has 0 amide bonds. The van der Waals surface area contributed by atoms with Crippen LogP contribution in [-0.2, 0) is 0 Å². The zero-order valence-corrected chi connectivity index (χ0v) is 15.9. The third-order valence-corrected chi connectivity index (χ3v) is 4.50. The fourth-order valence-electron chi connectivity index (χ4n) is 2.81. The maximum atomic E-state index is 9.65. The first-order valence-electron chi connectivity index (χ1n) is 8.90. The number of aromatic nitrogens is 2. The van der Waals surface area contributed by atoms with Crippen molar-refractivity contribution in [3.05, 3.63) is 41.9 Å². The lowest BCUT2D eigenvalue weighted by Crippen LogP contribution is -2.50. The lowest BCUT2D eigenvalue weighted by Gasteiger charge is -2.38. The van der Waals surface area contributed by atoms with E-state index in [9.17, 15) is 5.11 Å². The molecule has 1 atom stereocenters. The van der Waals surface area contributed by atoms with Crippen LogP contribution >= 0.6 is 0 Å². The van der Waals surface area contributed by atoms with Gasteiger partial charge in [0.05, 0.1) is 11.4 Å². The predicted octanol–water partition coefficient (Wildman–Crippen LogP) is 2.59. The van der Waals surface area contributed by atoms with Gasteiger partial charge < -0.3 is 20.6 Å². The molecule has 1 aliphatic rings. The van der Waals surface area contributed by atoms with E-state index in [0.29, 0.717) is 23.0 Å². The number of nitrogens with zero attached hydrogens (tertiary/aromatic N) is 4. The van der Waals surface area contributed by atoms with Gasteiger partial charge in [0.25, 0.3) is 0 Å². The zero-order valence-electron chi connectivity index (χ0n) is 15.9. The number of phenolic OH excluding ortho intramolecular Hbond substituents is 1. The second-order valence-corrected chi connectivity index (χ2v) is 6.18. The SMILES string of the molecule is CC.C[C@H]1CN(c2cc(C(=N)c3cc(O)ccc3N)ncn2)CCN1C.[HH]. The Morgan fingerprint density at radius 1 is 1.27 bits per heavy atom. The summed E-state index contributed by atoms with van der Waals surface area (Å²) < 4.78 is 0. The predicted molar refractivity (Wildman–Crippen MR) is 108 cm³/mol. The monoisotopic (exact) mass is 358 g/mol. The highest BCUT2D eigenvalue weighted by Crippen LogP contribution is 2.23. The van der Waals surface area contributed by atoms with Gasteiger partial charge in [-0.3, -0.25) is 5.41 Å². The van der Waals surface area contributed by atoms with Gasteiger partial charge in [0.2, 0.25) is 0 Å². The van der Waals surface area contributed by atoms with E-state index in [4.69, 9.17) is 11.1 Å². The Morgan fingerprint density at radius 3 is 2.69 bits per heavy atom. The van der Waals surface area contributed by atoms with Crippen LogP contribution < -0.4 is 10.6 Å². The van der Waals surface area contributed by atoms with Crippen molar-refractivity contribution in [2.75, 3.05) is 37.3 Å². The van der Waals surface area contributed by atoms with Gasteiger partial charge in [-0.05, 0) is 32.2 Å².